The molecule has 2 aromatic rings. The average molecular weight is 347 g/mol. The van der Waals surface area contributed by atoms with E-state index in [-0.39, 0.29) is 11.8 Å². The lowest BCUT2D eigenvalue weighted by atomic mass is 9.97. The van der Waals surface area contributed by atoms with Crippen LogP contribution in [-0.2, 0) is 14.5 Å². The number of hydrogen-bond acceptors (Lipinski definition) is 4. The molecule has 6 nitrogen and oxygen atoms in total. The van der Waals surface area contributed by atoms with E-state index in [0.29, 0.717) is 31.8 Å². The molecule has 1 aromatic heterocycles. The van der Waals surface area contributed by atoms with E-state index in [1.807, 2.05) is 34.6 Å². The summed E-state index contributed by atoms with van der Waals surface area (Å²) in [6.07, 6.45) is 4.54. The van der Waals surface area contributed by atoms with Crippen LogP contribution in [0.4, 0.5) is 5.88 Å². The maximum atomic E-state index is 12.5. The smallest absolute Gasteiger partial charge is 0.239 e. The van der Waals surface area contributed by atoms with Gasteiger partial charge in [0.05, 0.1) is 11.8 Å². The van der Waals surface area contributed by atoms with Gasteiger partial charge in [0.25, 0.3) is 0 Å². The summed E-state index contributed by atoms with van der Waals surface area (Å²) in [4.78, 5) is 12.5. The summed E-state index contributed by atoms with van der Waals surface area (Å²) in [5.74, 6) is 3.85. The average Bonchev–Trinajstić information content (AvgIpc) is 3.03. The Hall–Kier alpha value is -2.12. The Labute approximate surface area is 142 Å². The van der Waals surface area contributed by atoms with Gasteiger partial charge in [-0.15, -0.1) is 0 Å². The predicted molar refractivity (Wildman–Crippen MR) is 96.1 cm³/mol. The lowest BCUT2D eigenvalue weighted by molar-refractivity contribution is -0.121. The number of rotatable bonds is 4. The number of nitrogens with one attached hydrogen (secondary N) is 1. The summed E-state index contributed by atoms with van der Waals surface area (Å²) in [5.41, 5.74) is 1.70. The van der Waals surface area contributed by atoms with Gasteiger partial charge in [0, 0.05) is 35.0 Å². The fourth-order valence-electron chi connectivity index (χ4n) is 2.87. The van der Waals surface area contributed by atoms with Crippen LogP contribution in [0.1, 0.15) is 12.8 Å². The molecule has 24 heavy (non-hydrogen) atoms. The standard InChI is InChI=1S/C17H21N3O3S/c1-24(2,22)20-10-8-14(9-11-20)16(21)19-17-15(12-18-23-17)13-6-4-3-5-7-13/h3-7,12,14H,1,8-11H2,2H3,(H,19,21). The highest BCUT2D eigenvalue weighted by Gasteiger charge is 2.28. The quantitative estimate of drug-likeness (QED) is 0.861. The molecule has 2 heterocycles. The minimum atomic E-state index is -2.19. The number of nitrogens with zero attached hydrogens (tertiary/aromatic N) is 2. The number of aromatic nitrogens is 1. The van der Waals surface area contributed by atoms with Crippen molar-refractivity contribution in [2.24, 2.45) is 5.92 Å². The van der Waals surface area contributed by atoms with E-state index in [0.717, 1.165) is 11.1 Å². The highest BCUT2D eigenvalue weighted by Crippen LogP contribution is 2.29. The molecule has 1 aliphatic heterocycles. The molecule has 128 valence electrons. The molecule has 1 aromatic carbocycles. The lowest BCUT2D eigenvalue weighted by Gasteiger charge is -2.31. The number of carbonyl (C=O) groups is 1. The van der Waals surface area contributed by atoms with Gasteiger partial charge in [0.1, 0.15) is 0 Å². The van der Waals surface area contributed by atoms with Crippen molar-refractivity contribution in [3.63, 3.8) is 0 Å². The summed E-state index contributed by atoms with van der Waals surface area (Å²) in [6, 6.07) is 9.65. The van der Waals surface area contributed by atoms with Crippen LogP contribution >= 0.6 is 0 Å². The summed E-state index contributed by atoms with van der Waals surface area (Å²) in [6.45, 7) is 1.22. The van der Waals surface area contributed by atoms with Crippen molar-refractivity contribution < 1.29 is 13.5 Å². The van der Waals surface area contributed by atoms with Gasteiger partial charge in [-0.3, -0.25) is 14.3 Å². The van der Waals surface area contributed by atoms with Crippen molar-refractivity contribution >= 4 is 27.4 Å². The monoisotopic (exact) mass is 347 g/mol. The molecule has 1 saturated heterocycles. The SMILES string of the molecule is C=S(C)(=O)N1CCC(C(=O)Nc2oncc2-c2ccccc2)CC1. The minimum Gasteiger partial charge on any atom is -0.338 e. The maximum absolute atomic E-state index is 12.5. The first-order chi connectivity index (χ1) is 11.4. The Kier molecular flexibility index (Phi) is 4.73. The Morgan fingerprint density at radius 3 is 2.62 bits per heavy atom. The predicted octanol–water partition coefficient (Wildman–Crippen LogP) is 2.25. The van der Waals surface area contributed by atoms with Crippen LogP contribution in [0.3, 0.4) is 0 Å². The molecule has 1 amide bonds. The van der Waals surface area contributed by atoms with Crippen molar-refractivity contribution in [3.8, 4) is 11.1 Å². The topological polar surface area (TPSA) is 75.4 Å². The summed E-state index contributed by atoms with van der Waals surface area (Å²) in [5, 5.41) is 6.64. The Morgan fingerprint density at radius 2 is 2.00 bits per heavy atom. The van der Waals surface area contributed by atoms with Gasteiger partial charge in [-0.25, -0.2) is 4.31 Å². The van der Waals surface area contributed by atoms with Gasteiger partial charge < -0.3 is 4.52 Å². The molecule has 1 N–H and O–H groups in total. The zero-order chi connectivity index (χ0) is 17.2. The maximum Gasteiger partial charge on any atom is 0.239 e. The van der Waals surface area contributed by atoms with Gasteiger partial charge in [-0.2, -0.15) is 0 Å². The highest BCUT2D eigenvalue weighted by molar-refractivity contribution is 7.97. The molecule has 7 heteroatoms. The summed E-state index contributed by atoms with van der Waals surface area (Å²) in [7, 11) is -2.19. The zero-order valence-electron chi connectivity index (χ0n) is 13.6. The van der Waals surface area contributed by atoms with Crippen LogP contribution in [0.25, 0.3) is 11.1 Å². The van der Waals surface area contributed by atoms with E-state index in [1.54, 1.807) is 12.5 Å². The summed E-state index contributed by atoms with van der Waals surface area (Å²) < 4.78 is 19.0. The molecular formula is C17H21N3O3S. The molecular weight excluding hydrogens is 326 g/mol. The first-order valence-corrected chi connectivity index (χ1v) is 9.92. The van der Waals surface area contributed by atoms with Crippen molar-refractivity contribution in [1.82, 2.24) is 9.46 Å². The van der Waals surface area contributed by atoms with Crippen molar-refractivity contribution in [2.75, 3.05) is 24.7 Å². The van der Waals surface area contributed by atoms with E-state index in [4.69, 9.17) is 4.52 Å². The minimum absolute atomic E-state index is 0.0877. The van der Waals surface area contributed by atoms with Gasteiger partial charge >= 0.3 is 0 Å². The van der Waals surface area contributed by atoms with E-state index in [9.17, 15) is 9.00 Å². The van der Waals surface area contributed by atoms with E-state index in [1.165, 1.54) is 0 Å². The number of piperidine rings is 1. The highest BCUT2D eigenvalue weighted by atomic mass is 32.2. The van der Waals surface area contributed by atoms with Gasteiger partial charge in [0.15, 0.2) is 0 Å². The summed E-state index contributed by atoms with van der Waals surface area (Å²) >= 11 is 0. The molecule has 0 radical (unpaired) electrons. The number of hydrogen-bond donors (Lipinski definition) is 1. The third-order valence-corrected chi connectivity index (χ3v) is 5.72. The Bertz CT molecular complexity index is 807. The molecule has 1 aliphatic rings. The van der Waals surface area contributed by atoms with Gasteiger partial charge in [-0.1, -0.05) is 35.5 Å². The lowest BCUT2D eigenvalue weighted by Crippen LogP contribution is -2.40. The van der Waals surface area contributed by atoms with E-state index < -0.39 is 9.71 Å². The molecule has 0 saturated carbocycles. The number of benzene rings is 1. The molecule has 0 bridgehead atoms. The Morgan fingerprint density at radius 1 is 1.33 bits per heavy atom. The largest absolute Gasteiger partial charge is 0.338 e. The number of anilines is 1. The number of carbonyl (C=O) groups excluding carboxylic acids is 1. The van der Waals surface area contributed by atoms with Crippen molar-refractivity contribution in [3.05, 3.63) is 36.5 Å². The van der Waals surface area contributed by atoms with Crippen LogP contribution in [-0.4, -0.2) is 44.8 Å². The first kappa shape index (κ1) is 16.7. The van der Waals surface area contributed by atoms with Crippen LogP contribution in [0.5, 0.6) is 0 Å². The molecule has 3 rings (SSSR count). The second-order valence-corrected chi connectivity index (χ2v) is 8.52. The fourth-order valence-corrected chi connectivity index (χ4v) is 3.85. The van der Waals surface area contributed by atoms with Crippen LogP contribution in [0.2, 0.25) is 0 Å². The molecule has 0 aliphatic carbocycles. The van der Waals surface area contributed by atoms with Crippen LogP contribution in [0.15, 0.2) is 41.1 Å². The van der Waals surface area contributed by atoms with Crippen molar-refractivity contribution in [2.45, 2.75) is 12.8 Å². The van der Waals surface area contributed by atoms with Crippen molar-refractivity contribution in [1.29, 1.82) is 0 Å². The van der Waals surface area contributed by atoms with E-state index in [2.05, 4.69) is 16.3 Å². The van der Waals surface area contributed by atoms with Crippen LogP contribution < -0.4 is 5.32 Å². The Balaban J connectivity index is 1.66. The first-order valence-electron chi connectivity index (χ1n) is 7.83. The molecule has 1 atom stereocenters. The molecule has 1 unspecified atom stereocenters. The number of amides is 1. The van der Waals surface area contributed by atoms with E-state index >= 15 is 0 Å². The zero-order valence-corrected chi connectivity index (χ0v) is 14.4. The third kappa shape index (κ3) is 3.68. The third-order valence-electron chi connectivity index (χ3n) is 4.26. The van der Waals surface area contributed by atoms with Crippen LogP contribution in [0, 0.1) is 5.92 Å². The molecule has 1 fully saturated rings. The molecule has 0 spiro atoms. The normalized spacial score (nSPS) is 18.9. The second kappa shape index (κ2) is 6.78. The fraction of sp³-hybridized carbons (Fsp3) is 0.353. The van der Waals surface area contributed by atoms with Gasteiger partial charge in [-0.05, 0) is 24.3 Å². The van der Waals surface area contributed by atoms with Gasteiger partial charge in [0.2, 0.25) is 11.8 Å². The second-order valence-electron chi connectivity index (χ2n) is 6.09.